The molecular weight excluding hydrogens is 319 g/mol. The van der Waals surface area contributed by atoms with Crippen molar-refractivity contribution in [3.8, 4) is 0 Å². The number of nitrogens with one attached hydrogen (secondary N) is 1. The summed E-state index contributed by atoms with van der Waals surface area (Å²) in [6.45, 7) is 4.29. The summed E-state index contributed by atoms with van der Waals surface area (Å²) < 4.78 is 13.1. The molecule has 1 N–H and O–H groups in total. The Bertz CT molecular complexity index is 701. The number of hydrogen-bond donors (Lipinski definition) is 1. The summed E-state index contributed by atoms with van der Waals surface area (Å²) in [7, 11) is 0. The summed E-state index contributed by atoms with van der Waals surface area (Å²) in [4.78, 5) is 26.6. The molecule has 0 aliphatic carbocycles. The Morgan fingerprint density at radius 1 is 1.04 bits per heavy atom. The summed E-state index contributed by atoms with van der Waals surface area (Å²) in [5, 5.41) is 2.75. The Kier molecular flexibility index (Phi) is 6.69. The van der Waals surface area contributed by atoms with E-state index in [1.807, 2.05) is 37.3 Å². The summed E-state index contributed by atoms with van der Waals surface area (Å²) in [5.41, 5.74) is 1.67. The second-order valence-corrected chi connectivity index (χ2v) is 5.88. The van der Waals surface area contributed by atoms with Crippen LogP contribution in [0.25, 0.3) is 0 Å². The van der Waals surface area contributed by atoms with Gasteiger partial charge in [0.2, 0.25) is 11.8 Å². The van der Waals surface area contributed by atoms with Crippen LogP contribution >= 0.6 is 0 Å². The maximum atomic E-state index is 13.1. The van der Waals surface area contributed by atoms with Crippen LogP contribution in [0, 0.1) is 5.82 Å². The molecule has 1 unspecified atom stereocenters. The average molecular weight is 342 g/mol. The van der Waals surface area contributed by atoms with E-state index in [0.29, 0.717) is 6.54 Å². The molecule has 2 aromatic carbocycles. The number of halogens is 1. The maximum absolute atomic E-state index is 13.1. The van der Waals surface area contributed by atoms with Crippen LogP contribution in [0.15, 0.2) is 54.6 Å². The van der Waals surface area contributed by atoms with E-state index in [0.717, 1.165) is 11.1 Å². The van der Waals surface area contributed by atoms with Crippen molar-refractivity contribution in [2.45, 2.75) is 32.9 Å². The highest BCUT2D eigenvalue weighted by molar-refractivity contribution is 5.88. The highest BCUT2D eigenvalue weighted by Gasteiger charge is 2.25. The molecular formula is C20H23FN2O2. The van der Waals surface area contributed by atoms with Gasteiger partial charge in [0, 0.05) is 13.1 Å². The normalized spacial score (nSPS) is 11.6. The monoisotopic (exact) mass is 342 g/mol. The van der Waals surface area contributed by atoms with Crippen molar-refractivity contribution in [1.29, 1.82) is 0 Å². The molecule has 4 nitrogen and oxygen atoms in total. The van der Waals surface area contributed by atoms with Gasteiger partial charge in [0.25, 0.3) is 0 Å². The first-order valence-electron chi connectivity index (χ1n) is 8.36. The SMILES string of the molecule is CCNC(=O)C(C)N(Cc1ccc(F)cc1)C(=O)Cc1ccccc1. The van der Waals surface area contributed by atoms with E-state index in [1.54, 1.807) is 19.1 Å². The third kappa shape index (κ3) is 5.41. The number of nitrogens with zero attached hydrogens (tertiary/aromatic N) is 1. The largest absolute Gasteiger partial charge is 0.355 e. The standard InChI is InChI=1S/C20H23FN2O2/c1-3-22-20(25)15(2)23(14-17-9-11-18(21)12-10-17)19(24)13-16-7-5-4-6-8-16/h4-12,15H,3,13-14H2,1-2H3,(H,22,25). The molecule has 0 saturated heterocycles. The Morgan fingerprint density at radius 2 is 1.68 bits per heavy atom. The van der Waals surface area contributed by atoms with E-state index in [-0.39, 0.29) is 30.6 Å². The van der Waals surface area contributed by atoms with E-state index >= 15 is 0 Å². The third-order valence-corrected chi connectivity index (χ3v) is 3.98. The predicted octanol–water partition coefficient (Wildman–Crippen LogP) is 2.92. The molecule has 0 radical (unpaired) electrons. The summed E-state index contributed by atoms with van der Waals surface area (Å²) in [6, 6.07) is 14.8. The lowest BCUT2D eigenvalue weighted by molar-refractivity contribution is -0.140. The molecule has 2 rings (SSSR count). The van der Waals surface area contributed by atoms with Gasteiger partial charge in [0.15, 0.2) is 0 Å². The van der Waals surface area contributed by atoms with Gasteiger partial charge in [0.1, 0.15) is 11.9 Å². The highest BCUT2D eigenvalue weighted by atomic mass is 19.1. The van der Waals surface area contributed by atoms with Gasteiger partial charge >= 0.3 is 0 Å². The van der Waals surface area contributed by atoms with Crippen LogP contribution in [-0.2, 0) is 22.6 Å². The van der Waals surface area contributed by atoms with Crippen LogP contribution < -0.4 is 5.32 Å². The zero-order chi connectivity index (χ0) is 18.2. The molecule has 0 spiro atoms. The van der Waals surface area contributed by atoms with Crippen LogP contribution in [0.5, 0.6) is 0 Å². The van der Waals surface area contributed by atoms with E-state index < -0.39 is 6.04 Å². The summed E-state index contributed by atoms with van der Waals surface area (Å²) in [6.07, 6.45) is 0.214. The summed E-state index contributed by atoms with van der Waals surface area (Å²) in [5.74, 6) is -0.678. The van der Waals surface area contributed by atoms with Crippen LogP contribution in [0.2, 0.25) is 0 Å². The second kappa shape index (κ2) is 8.97. The van der Waals surface area contributed by atoms with Gasteiger partial charge in [-0.25, -0.2) is 4.39 Å². The molecule has 132 valence electrons. The molecule has 0 bridgehead atoms. The second-order valence-electron chi connectivity index (χ2n) is 5.88. The van der Waals surface area contributed by atoms with Crippen molar-refractivity contribution >= 4 is 11.8 Å². The lowest BCUT2D eigenvalue weighted by atomic mass is 10.1. The van der Waals surface area contributed by atoms with Crippen molar-refractivity contribution in [3.05, 3.63) is 71.5 Å². The molecule has 0 heterocycles. The van der Waals surface area contributed by atoms with E-state index in [9.17, 15) is 14.0 Å². The molecule has 25 heavy (non-hydrogen) atoms. The quantitative estimate of drug-likeness (QED) is 0.841. The fourth-order valence-corrected chi connectivity index (χ4v) is 2.56. The van der Waals surface area contributed by atoms with Gasteiger partial charge in [-0.3, -0.25) is 9.59 Å². The van der Waals surface area contributed by atoms with E-state index in [1.165, 1.54) is 17.0 Å². The van der Waals surface area contributed by atoms with Crippen LogP contribution in [0.3, 0.4) is 0 Å². The fraction of sp³-hybridized carbons (Fsp3) is 0.300. The number of amides is 2. The number of hydrogen-bond acceptors (Lipinski definition) is 2. The number of carbonyl (C=O) groups is 2. The van der Waals surface area contributed by atoms with Crippen molar-refractivity contribution in [2.75, 3.05) is 6.54 Å². The maximum Gasteiger partial charge on any atom is 0.242 e. The van der Waals surface area contributed by atoms with Gasteiger partial charge in [-0.15, -0.1) is 0 Å². The van der Waals surface area contributed by atoms with Crippen LogP contribution in [0.1, 0.15) is 25.0 Å². The minimum atomic E-state index is -0.610. The van der Waals surface area contributed by atoms with E-state index in [2.05, 4.69) is 5.32 Å². The topological polar surface area (TPSA) is 49.4 Å². The van der Waals surface area contributed by atoms with Gasteiger partial charge in [-0.1, -0.05) is 42.5 Å². The molecule has 0 aromatic heterocycles. The fourth-order valence-electron chi connectivity index (χ4n) is 2.56. The number of likely N-dealkylation sites (N-methyl/N-ethyl adjacent to an activating group) is 1. The molecule has 2 amide bonds. The molecule has 2 aromatic rings. The minimum absolute atomic E-state index is 0.144. The Balaban J connectivity index is 2.19. The molecule has 0 saturated carbocycles. The Hall–Kier alpha value is -2.69. The van der Waals surface area contributed by atoms with Gasteiger partial charge in [-0.2, -0.15) is 0 Å². The lowest BCUT2D eigenvalue weighted by Gasteiger charge is -2.28. The smallest absolute Gasteiger partial charge is 0.242 e. The molecule has 0 aliphatic heterocycles. The molecule has 0 aliphatic rings. The van der Waals surface area contributed by atoms with Crippen LogP contribution in [0.4, 0.5) is 4.39 Å². The zero-order valence-electron chi connectivity index (χ0n) is 14.5. The van der Waals surface area contributed by atoms with Gasteiger partial charge < -0.3 is 10.2 Å². The van der Waals surface area contributed by atoms with Gasteiger partial charge in [0.05, 0.1) is 6.42 Å². The number of benzene rings is 2. The van der Waals surface area contributed by atoms with Gasteiger partial charge in [-0.05, 0) is 37.1 Å². The first-order chi connectivity index (χ1) is 12.0. The first-order valence-corrected chi connectivity index (χ1v) is 8.36. The third-order valence-electron chi connectivity index (χ3n) is 3.98. The average Bonchev–Trinajstić information content (AvgIpc) is 2.61. The van der Waals surface area contributed by atoms with Crippen molar-refractivity contribution < 1.29 is 14.0 Å². The minimum Gasteiger partial charge on any atom is -0.355 e. The number of rotatable bonds is 7. The predicted molar refractivity (Wildman–Crippen MR) is 95.2 cm³/mol. The molecule has 0 fully saturated rings. The Morgan fingerprint density at radius 3 is 2.28 bits per heavy atom. The lowest BCUT2D eigenvalue weighted by Crippen LogP contribution is -2.48. The number of carbonyl (C=O) groups excluding carboxylic acids is 2. The first kappa shape index (κ1) is 18.6. The van der Waals surface area contributed by atoms with Crippen molar-refractivity contribution in [3.63, 3.8) is 0 Å². The molecule has 1 atom stereocenters. The van der Waals surface area contributed by atoms with Crippen molar-refractivity contribution in [1.82, 2.24) is 10.2 Å². The van der Waals surface area contributed by atoms with Crippen molar-refractivity contribution in [2.24, 2.45) is 0 Å². The summed E-state index contributed by atoms with van der Waals surface area (Å²) >= 11 is 0. The Labute approximate surface area is 147 Å². The van der Waals surface area contributed by atoms with Crippen LogP contribution in [-0.4, -0.2) is 29.3 Å². The zero-order valence-corrected chi connectivity index (χ0v) is 14.5. The van der Waals surface area contributed by atoms with E-state index in [4.69, 9.17) is 0 Å². The molecule has 5 heteroatoms. The highest BCUT2D eigenvalue weighted by Crippen LogP contribution is 2.13.